The van der Waals surface area contributed by atoms with Crippen LogP contribution in [-0.4, -0.2) is 32.1 Å². The number of para-hydroxylation sites is 1. The normalized spacial score (nSPS) is 12.8. The molecule has 17 heavy (non-hydrogen) atoms. The summed E-state index contributed by atoms with van der Waals surface area (Å²) in [6.07, 6.45) is 2.22. The number of hydrogen-bond acceptors (Lipinski definition) is 2. The standard InChI is InChI=1S/C15H25NO/c1-5-13(2)14-9-6-7-10-15(14)17-12-8-11-16(3)4/h6-7,9-10,13H,5,8,11-12H2,1-4H3. The molecule has 1 aromatic rings. The van der Waals surface area contributed by atoms with Crippen molar-refractivity contribution in [1.82, 2.24) is 4.90 Å². The fraction of sp³-hybridized carbons (Fsp3) is 0.600. The highest BCUT2D eigenvalue weighted by molar-refractivity contribution is 5.35. The number of benzene rings is 1. The van der Waals surface area contributed by atoms with Crippen LogP contribution in [-0.2, 0) is 0 Å². The summed E-state index contributed by atoms with van der Waals surface area (Å²) in [5.41, 5.74) is 1.33. The first kappa shape index (κ1) is 14.0. The first-order chi connectivity index (χ1) is 8.15. The van der Waals surface area contributed by atoms with E-state index in [1.807, 2.05) is 6.07 Å². The van der Waals surface area contributed by atoms with Crippen LogP contribution < -0.4 is 4.74 Å². The van der Waals surface area contributed by atoms with Crippen LogP contribution in [0.3, 0.4) is 0 Å². The largest absolute Gasteiger partial charge is 0.493 e. The third-order valence-corrected chi connectivity index (χ3v) is 3.07. The molecule has 0 amide bonds. The predicted molar refractivity (Wildman–Crippen MR) is 73.8 cm³/mol. The quantitative estimate of drug-likeness (QED) is 0.670. The highest BCUT2D eigenvalue weighted by atomic mass is 16.5. The molecule has 1 aromatic carbocycles. The molecule has 1 unspecified atom stereocenters. The Balaban J connectivity index is 2.52. The Kier molecular flexibility index (Phi) is 6.06. The Morgan fingerprint density at radius 1 is 1.24 bits per heavy atom. The van der Waals surface area contributed by atoms with Gasteiger partial charge in [-0.05, 0) is 44.5 Å². The van der Waals surface area contributed by atoms with E-state index < -0.39 is 0 Å². The predicted octanol–water partition coefficient (Wildman–Crippen LogP) is 3.53. The van der Waals surface area contributed by atoms with Crippen molar-refractivity contribution in [2.45, 2.75) is 32.6 Å². The van der Waals surface area contributed by atoms with Crippen molar-refractivity contribution in [1.29, 1.82) is 0 Å². The van der Waals surface area contributed by atoms with Crippen molar-refractivity contribution >= 4 is 0 Å². The molecule has 0 aliphatic carbocycles. The smallest absolute Gasteiger partial charge is 0.122 e. The molecule has 2 nitrogen and oxygen atoms in total. The zero-order chi connectivity index (χ0) is 12.7. The second-order valence-electron chi connectivity index (χ2n) is 4.85. The fourth-order valence-corrected chi connectivity index (χ4v) is 1.80. The van der Waals surface area contributed by atoms with Crippen LogP contribution in [0.5, 0.6) is 5.75 Å². The summed E-state index contributed by atoms with van der Waals surface area (Å²) in [5, 5.41) is 0. The maximum Gasteiger partial charge on any atom is 0.122 e. The highest BCUT2D eigenvalue weighted by Crippen LogP contribution is 2.28. The molecular formula is C15H25NO. The molecular weight excluding hydrogens is 210 g/mol. The Morgan fingerprint density at radius 3 is 2.59 bits per heavy atom. The minimum atomic E-state index is 0.569. The molecule has 0 bridgehead atoms. The Hall–Kier alpha value is -1.02. The lowest BCUT2D eigenvalue weighted by Crippen LogP contribution is -2.15. The van der Waals surface area contributed by atoms with Gasteiger partial charge in [0.25, 0.3) is 0 Å². The van der Waals surface area contributed by atoms with Gasteiger partial charge in [-0.25, -0.2) is 0 Å². The molecule has 0 aliphatic rings. The second-order valence-corrected chi connectivity index (χ2v) is 4.85. The molecule has 2 heteroatoms. The third kappa shape index (κ3) is 4.78. The van der Waals surface area contributed by atoms with Gasteiger partial charge in [0.2, 0.25) is 0 Å². The van der Waals surface area contributed by atoms with E-state index in [0.29, 0.717) is 5.92 Å². The fourth-order valence-electron chi connectivity index (χ4n) is 1.80. The van der Waals surface area contributed by atoms with Crippen LogP contribution in [0.25, 0.3) is 0 Å². The van der Waals surface area contributed by atoms with Crippen molar-refractivity contribution in [3.63, 3.8) is 0 Å². The number of ether oxygens (including phenoxy) is 1. The lowest BCUT2D eigenvalue weighted by atomic mass is 9.98. The Bertz CT molecular complexity index is 322. The summed E-state index contributed by atoms with van der Waals surface area (Å²) in [6, 6.07) is 8.40. The van der Waals surface area contributed by atoms with E-state index in [2.05, 4.69) is 51.0 Å². The third-order valence-electron chi connectivity index (χ3n) is 3.07. The minimum Gasteiger partial charge on any atom is -0.493 e. The van der Waals surface area contributed by atoms with E-state index in [0.717, 1.165) is 31.7 Å². The van der Waals surface area contributed by atoms with Crippen LogP contribution in [0, 0.1) is 0 Å². The van der Waals surface area contributed by atoms with Gasteiger partial charge in [-0.3, -0.25) is 0 Å². The van der Waals surface area contributed by atoms with Crippen molar-refractivity contribution < 1.29 is 4.74 Å². The molecule has 0 N–H and O–H groups in total. The average molecular weight is 235 g/mol. The summed E-state index contributed by atoms with van der Waals surface area (Å²) < 4.78 is 5.88. The maximum atomic E-state index is 5.88. The number of rotatable bonds is 7. The van der Waals surface area contributed by atoms with Gasteiger partial charge in [0.15, 0.2) is 0 Å². The monoisotopic (exact) mass is 235 g/mol. The van der Waals surface area contributed by atoms with Gasteiger partial charge in [0.1, 0.15) is 5.75 Å². The van der Waals surface area contributed by atoms with E-state index in [-0.39, 0.29) is 0 Å². The van der Waals surface area contributed by atoms with E-state index in [9.17, 15) is 0 Å². The summed E-state index contributed by atoms with van der Waals surface area (Å²) in [5.74, 6) is 1.63. The Labute approximate surface area is 106 Å². The minimum absolute atomic E-state index is 0.569. The van der Waals surface area contributed by atoms with Gasteiger partial charge in [0.05, 0.1) is 6.61 Å². The van der Waals surface area contributed by atoms with Gasteiger partial charge in [-0.2, -0.15) is 0 Å². The highest BCUT2D eigenvalue weighted by Gasteiger charge is 2.08. The zero-order valence-corrected chi connectivity index (χ0v) is 11.6. The van der Waals surface area contributed by atoms with Gasteiger partial charge >= 0.3 is 0 Å². The van der Waals surface area contributed by atoms with Gasteiger partial charge in [-0.1, -0.05) is 32.0 Å². The molecule has 0 saturated carbocycles. The summed E-state index contributed by atoms with van der Waals surface area (Å²) >= 11 is 0. The van der Waals surface area contributed by atoms with E-state index in [1.165, 1.54) is 5.56 Å². The summed E-state index contributed by atoms with van der Waals surface area (Å²) in [4.78, 5) is 2.18. The van der Waals surface area contributed by atoms with Crippen LogP contribution in [0.4, 0.5) is 0 Å². The molecule has 0 spiro atoms. The van der Waals surface area contributed by atoms with Crippen LogP contribution in [0.2, 0.25) is 0 Å². The van der Waals surface area contributed by atoms with Crippen molar-refractivity contribution in [2.75, 3.05) is 27.2 Å². The van der Waals surface area contributed by atoms with Crippen molar-refractivity contribution in [2.24, 2.45) is 0 Å². The lowest BCUT2D eigenvalue weighted by molar-refractivity contribution is 0.278. The molecule has 0 heterocycles. The first-order valence-corrected chi connectivity index (χ1v) is 6.51. The number of nitrogens with zero attached hydrogens (tertiary/aromatic N) is 1. The second kappa shape index (κ2) is 7.33. The van der Waals surface area contributed by atoms with Gasteiger partial charge < -0.3 is 9.64 Å². The van der Waals surface area contributed by atoms with Crippen molar-refractivity contribution in [3.05, 3.63) is 29.8 Å². The lowest BCUT2D eigenvalue weighted by Gasteiger charge is -2.16. The van der Waals surface area contributed by atoms with Crippen LogP contribution in [0.15, 0.2) is 24.3 Å². The topological polar surface area (TPSA) is 12.5 Å². The maximum absolute atomic E-state index is 5.88. The molecule has 0 saturated heterocycles. The molecule has 1 atom stereocenters. The molecule has 0 aliphatic heterocycles. The van der Waals surface area contributed by atoms with Gasteiger partial charge in [0, 0.05) is 6.54 Å². The summed E-state index contributed by atoms with van der Waals surface area (Å²) in [6.45, 7) is 6.34. The first-order valence-electron chi connectivity index (χ1n) is 6.51. The van der Waals surface area contributed by atoms with Gasteiger partial charge in [-0.15, -0.1) is 0 Å². The van der Waals surface area contributed by atoms with E-state index >= 15 is 0 Å². The molecule has 96 valence electrons. The molecule has 0 fully saturated rings. The van der Waals surface area contributed by atoms with Crippen LogP contribution >= 0.6 is 0 Å². The van der Waals surface area contributed by atoms with E-state index in [4.69, 9.17) is 4.74 Å². The molecule has 0 radical (unpaired) electrons. The zero-order valence-electron chi connectivity index (χ0n) is 11.6. The Morgan fingerprint density at radius 2 is 1.94 bits per heavy atom. The SMILES string of the molecule is CCC(C)c1ccccc1OCCCN(C)C. The van der Waals surface area contributed by atoms with Crippen LogP contribution in [0.1, 0.15) is 38.2 Å². The average Bonchev–Trinajstić information content (AvgIpc) is 2.34. The van der Waals surface area contributed by atoms with Crippen molar-refractivity contribution in [3.8, 4) is 5.75 Å². The molecule has 1 rings (SSSR count). The summed E-state index contributed by atoms with van der Waals surface area (Å²) in [7, 11) is 4.18. The number of hydrogen-bond donors (Lipinski definition) is 0. The molecule has 0 aromatic heterocycles. The van der Waals surface area contributed by atoms with E-state index in [1.54, 1.807) is 0 Å².